The van der Waals surface area contributed by atoms with Gasteiger partial charge < -0.3 is 20.5 Å². The molecule has 1 atom stereocenters. The minimum Gasteiger partial charge on any atom is -0.411 e. The number of methoxy groups -OCH3 is 1. The summed E-state index contributed by atoms with van der Waals surface area (Å²) in [6.07, 6.45) is 3.00. The van der Waals surface area contributed by atoms with Gasteiger partial charge in [-0.1, -0.05) is 35.0 Å². The number of hydrogen-bond donors (Lipinski definition) is 2. The third kappa shape index (κ3) is 5.90. The Labute approximate surface area is 139 Å². The lowest BCUT2D eigenvalue weighted by molar-refractivity contribution is -0.121. The van der Waals surface area contributed by atoms with Gasteiger partial charge in [-0.15, -0.1) is 5.06 Å². The second kappa shape index (κ2) is 9.83. The molecular weight excluding hydrogens is 322 g/mol. The smallest absolute Gasteiger partial charge is 0.411 e. The Bertz CT molecular complexity index is 560. The largest absolute Gasteiger partial charge is 0.423 e. The zero-order valence-corrected chi connectivity index (χ0v) is 13.7. The van der Waals surface area contributed by atoms with Crippen LogP contribution in [0, 0.1) is 0 Å². The highest BCUT2D eigenvalue weighted by Gasteiger charge is 2.29. The zero-order chi connectivity index (χ0) is 17.2. The van der Waals surface area contributed by atoms with Crippen molar-refractivity contribution in [1.29, 1.82) is 0 Å². The molecule has 1 aromatic rings. The summed E-state index contributed by atoms with van der Waals surface area (Å²) < 4.78 is 4.25. The van der Waals surface area contributed by atoms with E-state index in [0.29, 0.717) is 23.6 Å². The van der Waals surface area contributed by atoms with Gasteiger partial charge in [0.25, 0.3) is 0 Å². The van der Waals surface area contributed by atoms with E-state index in [9.17, 15) is 4.79 Å². The van der Waals surface area contributed by atoms with Crippen LogP contribution in [-0.2, 0) is 9.57 Å². The molecule has 1 aliphatic rings. The molecule has 0 saturated heterocycles. The number of primary amides is 1. The maximum absolute atomic E-state index is 11.0. The van der Waals surface area contributed by atoms with Crippen molar-refractivity contribution in [3.8, 4) is 0 Å². The average molecular weight is 342 g/mol. The van der Waals surface area contributed by atoms with Crippen molar-refractivity contribution in [3.05, 3.63) is 46.5 Å². The number of carbonyl (C=O) groups excluding carboxylic acids is 1. The number of hydroxylamine groups is 2. The lowest BCUT2D eigenvalue weighted by Crippen LogP contribution is -2.37. The molecule has 0 spiro atoms. The highest BCUT2D eigenvalue weighted by molar-refractivity contribution is 6.30. The predicted octanol–water partition coefficient (Wildman–Crippen LogP) is 2.75. The maximum atomic E-state index is 11.0. The maximum Gasteiger partial charge on any atom is 0.423 e. The standard InChI is InChI=1S/C13H14ClN3O3.C2H6O/c14-11-5-3-9(4-6-11)12-10(8-16-19)2-1-7-17(12)20-13(15)18;1-3-2/h2-6,8,12,19H,1,7H2,(H2,15,18);1-2H3. The minimum atomic E-state index is -0.883. The topological polar surface area (TPSA) is 97.4 Å². The molecule has 0 aromatic heterocycles. The third-order valence-electron chi connectivity index (χ3n) is 2.93. The van der Waals surface area contributed by atoms with Gasteiger partial charge in [0, 0.05) is 25.8 Å². The highest BCUT2D eigenvalue weighted by atomic mass is 35.5. The van der Waals surface area contributed by atoms with Gasteiger partial charge in [-0.05, 0) is 29.7 Å². The van der Waals surface area contributed by atoms with Crippen LogP contribution in [0.25, 0.3) is 0 Å². The average Bonchev–Trinajstić information content (AvgIpc) is 2.49. The van der Waals surface area contributed by atoms with Crippen molar-refractivity contribution in [2.45, 2.75) is 12.5 Å². The molecular formula is C15H20ClN3O4. The summed E-state index contributed by atoms with van der Waals surface area (Å²) in [5.41, 5.74) is 6.64. The summed E-state index contributed by atoms with van der Waals surface area (Å²) in [5.74, 6) is 0. The molecule has 8 heteroatoms. The quantitative estimate of drug-likeness (QED) is 0.500. The number of ether oxygens (including phenoxy) is 1. The van der Waals surface area contributed by atoms with E-state index in [4.69, 9.17) is 27.4 Å². The summed E-state index contributed by atoms with van der Waals surface area (Å²) in [4.78, 5) is 16.0. The van der Waals surface area contributed by atoms with E-state index in [1.165, 1.54) is 11.3 Å². The summed E-state index contributed by atoms with van der Waals surface area (Å²) in [5, 5.41) is 13.9. The van der Waals surface area contributed by atoms with E-state index >= 15 is 0 Å². The van der Waals surface area contributed by atoms with E-state index in [0.717, 1.165) is 5.56 Å². The van der Waals surface area contributed by atoms with Gasteiger partial charge in [0.15, 0.2) is 0 Å². The van der Waals surface area contributed by atoms with E-state index in [1.54, 1.807) is 26.4 Å². The van der Waals surface area contributed by atoms with Gasteiger partial charge in [-0.2, -0.15) is 0 Å². The predicted molar refractivity (Wildman–Crippen MR) is 87.5 cm³/mol. The fourth-order valence-electron chi connectivity index (χ4n) is 2.17. The van der Waals surface area contributed by atoms with E-state index in [-0.39, 0.29) is 6.04 Å². The molecule has 1 amide bonds. The molecule has 1 heterocycles. The van der Waals surface area contributed by atoms with Crippen molar-refractivity contribution in [3.63, 3.8) is 0 Å². The van der Waals surface area contributed by atoms with Crippen molar-refractivity contribution >= 4 is 23.9 Å². The Hall–Kier alpha value is -2.09. The molecule has 3 N–H and O–H groups in total. The van der Waals surface area contributed by atoms with Crippen LogP contribution in [0.2, 0.25) is 5.02 Å². The van der Waals surface area contributed by atoms with E-state index in [2.05, 4.69) is 9.89 Å². The number of benzene rings is 1. The molecule has 0 bridgehead atoms. The summed E-state index contributed by atoms with van der Waals surface area (Å²) in [6, 6.07) is 6.72. The molecule has 1 aliphatic heterocycles. The number of oxime groups is 1. The molecule has 0 radical (unpaired) electrons. The lowest BCUT2D eigenvalue weighted by Gasteiger charge is -2.33. The fourth-order valence-corrected chi connectivity index (χ4v) is 2.30. The van der Waals surface area contributed by atoms with Crippen LogP contribution in [0.15, 0.2) is 41.1 Å². The van der Waals surface area contributed by atoms with Crippen molar-refractivity contribution in [2.24, 2.45) is 10.9 Å². The second-order valence-corrected chi connectivity index (χ2v) is 5.09. The minimum absolute atomic E-state index is 0.385. The monoisotopic (exact) mass is 341 g/mol. The molecule has 0 aliphatic carbocycles. The van der Waals surface area contributed by atoms with Gasteiger partial charge in [0.2, 0.25) is 0 Å². The van der Waals surface area contributed by atoms with Crippen LogP contribution in [0.3, 0.4) is 0 Å². The SMILES string of the molecule is COC.NC(=O)ON1CCC=C(C=NO)C1c1ccc(Cl)cc1. The van der Waals surface area contributed by atoms with E-state index < -0.39 is 6.09 Å². The Balaban J connectivity index is 0.000000816. The van der Waals surface area contributed by atoms with Crippen LogP contribution in [-0.4, -0.2) is 43.3 Å². The first-order chi connectivity index (χ1) is 11.0. The normalized spacial score (nSPS) is 18.0. The summed E-state index contributed by atoms with van der Waals surface area (Å²) in [6.45, 7) is 0.499. The number of hydrogen-bond acceptors (Lipinski definition) is 6. The number of rotatable bonds is 3. The Kier molecular flexibility index (Phi) is 8.10. The van der Waals surface area contributed by atoms with Gasteiger partial charge in [-0.25, -0.2) is 4.79 Å². The molecule has 0 saturated carbocycles. The van der Waals surface area contributed by atoms with Gasteiger partial charge in [-0.3, -0.25) is 0 Å². The molecule has 2 rings (SSSR count). The zero-order valence-electron chi connectivity index (χ0n) is 13.0. The first-order valence-electron chi connectivity index (χ1n) is 6.80. The van der Waals surface area contributed by atoms with Crippen LogP contribution in [0.1, 0.15) is 18.0 Å². The van der Waals surface area contributed by atoms with Crippen molar-refractivity contribution < 1.29 is 19.6 Å². The second-order valence-electron chi connectivity index (χ2n) is 4.65. The first kappa shape index (κ1) is 19.0. The molecule has 7 nitrogen and oxygen atoms in total. The van der Waals surface area contributed by atoms with E-state index in [1.807, 2.05) is 18.2 Å². The van der Waals surface area contributed by atoms with Crippen LogP contribution in [0.5, 0.6) is 0 Å². The number of nitrogens with zero attached hydrogens (tertiary/aromatic N) is 2. The Morgan fingerprint density at radius 3 is 2.57 bits per heavy atom. The van der Waals surface area contributed by atoms with Gasteiger partial charge in [0.05, 0.1) is 12.3 Å². The fraction of sp³-hybridized carbons (Fsp3) is 0.333. The number of nitrogens with two attached hydrogens (primary N) is 1. The van der Waals surface area contributed by atoms with Gasteiger partial charge in [0.1, 0.15) is 0 Å². The van der Waals surface area contributed by atoms with Crippen LogP contribution >= 0.6 is 11.6 Å². The first-order valence-corrected chi connectivity index (χ1v) is 7.18. The molecule has 126 valence electrons. The van der Waals surface area contributed by atoms with Gasteiger partial charge >= 0.3 is 6.09 Å². The molecule has 1 aromatic carbocycles. The Morgan fingerprint density at radius 1 is 1.43 bits per heavy atom. The molecule has 23 heavy (non-hydrogen) atoms. The number of carbonyl (C=O) groups is 1. The van der Waals surface area contributed by atoms with Crippen LogP contribution < -0.4 is 5.73 Å². The third-order valence-corrected chi connectivity index (χ3v) is 3.18. The summed E-state index contributed by atoms with van der Waals surface area (Å²) >= 11 is 5.87. The van der Waals surface area contributed by atoms with Crippen molar-refractivity contribution in [1.82, 2.24) is 5.06 Å². The Morgan fingerprint density at radius 2 is 2.04 bits per heavy atom. The highest BCUT2D eigenvalue weighted by Crippen LogP contribution is 2.32. The molecule has 1 unspecified atom stereocenters. The molecule has 0 fully saturated rings. The van der Waals surface area contributed by atoms with Crippen LogP contribution in [0.4, 0.5) is 4.79 Å². The lowest BCUT2D eigenvalue weighted by atomic mass is 9.95. The number of halogens is 1. The van der Waals surface area contributed by atoms with Crippen molar-refractivity contribution in [2.75, 3.05) is 20.8 Å². The summed E-state index contributed by atoms with van der Waals surface area (Å²) in [7, 11) is 3.25. The number of amides is 1.